The average molecular weight is 258 g/mol. The van der Waals surface area contributed by atoms with Gasteiger partial charge >= 0.3 is 0 Å². The largest absolute Gasteiger partial charge is 0.478 e. The number of anilines is 1. The number of hydrogen-bond acceptors (Lipinski definition) is 4. The standard InChI is InChI=1S/C12H20ClN3O/c1-6-17-11-9(2)10(14-8-15-11)16(5)12(3,4)7-13/h8H,6-7H2,1-5H3. The Kier molecular flexibility index (Phi) is 4.57. The van der Waals surface area contributed by atoms with E-state index in [4.69, 9.17) is 16.3 Å². The molecule has 5 heteroatoms. The predicted octanol–water partition coefficient (Wildman–Crippen LogP) is 2.64. The van der Waals surface area contributed by atoms with E-state index in [1.807, 2.05) is 20.9 Å². The fraction of sp³-hybridized carbons (Fsp3) is 0.667. The molecular formula is C12H20ClN3O. The third-order valence-electron chi connectivity index (χ3n) is 2.84. The van der Waals surface area contributed by atoms with Gasteiger partial charge in [0.05, 0.1) is 12.2 Å². The van der Waals surface area contributed by atoms with Crippen molar-refractivity contribution in [3.63, 3.8) is 0 Å². The number of ether oxygens (including phenoxy) is 1. The van der Waals surface area contributed by atoms with E-state index in [9.17, 15) is 0 Å². The Bertz CT molecular complexity index is 382. The lowest BCUT2D eigenvalue weighted by molar-refractivity contribution is 0.323. The molecule has 0 aliphatic heterocycles. The van der Waals surface area contributed by atoms with Crippen LogP contribution >= 0.6 is 11.6 Å². The van der Waals surface area contributed by atoms with E-state index in [1.54, 1.807) is 0 Å². The molecule has 1 aromatic rings. The van der Waals surface area contributed by atoms with Crippen LogP contribution in [0.4, 0.5) is 5.82 Å². The van der Waals surface area contributed by atoms with Crippen molar-refractivity contribution in [2.45, 2.75) is 33.2 Å². The molecule has 0 aliphatic carbocycles. The van der Waals surface area contributed by atoms with Crippen LogP contribution < -0.4 is 9.64 Å². The van der Waals surface area contributed by atoms with Crippen LogP contribution in [-0.2, 0) is 0 Å². The molecule has 0 radical (unpaired) electrons. The van der Waals surface area contributed by atoms with Crippen molar-refractivity contribution in [3.05, 3.63) is 11.9 Å². The van der Waals surface area contributed by atoms with Crippen molar-refractivity contribution in [2.75, 3.05) is 24.4 Å². The Morgan fingerprint density at radius 3 is 2.59 bits per heavy atom. The summed E-state index contributed by atoms with van der Waals surface area (Å²) in [7, 11) is 1.98. The summed E-state index contributed by atoms with van der Waals surface area (Å²) in [5.41, 5.74) is 0.777. The Morgan fingerprint density at radius 1 is 1.41 bits per heavy atom. The molecule has 0 aromatic carbocycles. The van der Waals surface area contributed by atoms with E-state index in [-0.39, 0.29) is 5.54 Å². The van der Waals surface area contributed by atoms with E-state index in [2.05, 4.69) is 28.7 Å². The van der Waals surface area contributed by atoms with Crippen molar-refractivity contribution in [3.8, 4) is 5.88 Å². The lowest BCUT2D eigenvalue weighted by Gasteiger charge is -2.35. The average Bonchev–Trinajstić information content (AvgIpc) is 2.31. The van der Waals surface area contributed by atoms with Gasteiger partial charge in [-0.1, -0.05) is 0 Å². The second kappa shape index (κ2) is 5.54. The zero-order chi connectivity index (χ0) is 13.1. The molecule has 1 aromatic heterocycles. The number of alkyl halides is 1. The van der Waals surface area contributed by atoms with Crippen LogP contribution in [0, 0.1) is 6.92 Å². The first-order chi connectivity index (χ1) is 7.94. The lowest BCUT2D eigenvalue weighted by atomic mass is 10.1. The van der Waals surface area contributed by atoms with Crippen LogP contribution in [0.3, 0.4) is 0 Å². The zero-order valence-corrected chi connectivity index (χ0v) is 11.9. The third-order valence-corrected chi connectivity index (χ3v) is 3.50. The number of halogens is 1. The Hall–Kier alpha value is -1.03. The molecular weight excluding hydrogens is 238 g/mol. The smallest absolute Gasteiger partial charge is 0.221 e. The normalized spacial score (nSPS) is 11.4. The second-order valence-electron chi connectivity index (χ2n) is 4.57. The summed E-state index contributed by atoms with van der Waals surface area (Å²) in [5.74, 6) is 2.01. The van der Waals surface area contributed by atoms with Crippen molar-refractivity contribution < 1.29 is 4.74 Å². The lowest BCUT2D eigenvalue weighted by Crippen LogP contribution is -2.43. The Morgan fingerprint density at radius 2 is 2.06 bits per heavy atom. The van der Waals surface area contributed by atoms with Crippen LogP contribution in [0.15, 0.2) is 6.33 Å². The van der Waals surface area contributed by atoms with Gasteiger partial charge in [-0.25, -0.2) is 9.97 Å². The number of aromatic nitrogens is 2. The molecule has 96 valence electrons. The van der Waals surface area contributed by atoms with Gasteiger partial charge < -0.3 is 9.64 Å². The zero-order valence-electron chi connectivity index (χ0n) is 11.1. The molecule has 4 nitrogen and oxygen atoms in total. The summed E-state index contributed by atoms with van der Waals surface area (Å²) in [5, 5.41) is 0. The van der Waals surface area contributed by atoms with E-state index in [1.165, 1.54) is 6.33 Å². The van der Waals surface area contributed by atoms with Gasteiger partial charge in [0.2, 0.25) is 5.88 Å². The maximum absolute atomic E-state index is 5.97. The molecule has 0 bridgehead atoms. The van der Waals surface area contributed by atoms with Gasteiger partial charge in [-0.3, -0.25) is 0 Å². The summed E-state index contributed by atoms with van der Waals surface area (Å²) in [6.07, 6.45) is 1.52. The van der Waals surface area contributed by atoms with Crippen LogP contribution in [0.1, 0.15) is 26.3 Å². The molecule has 1 heterocycles. The fourth-order valence-electron chi connectivity index (χ4n) is 1.42. The van der Waals surface area contributed by atoms with Crippen molar-refractivity contribution in [1.82, 2.24) is 9.97 Å². The van der Waals surface area contributed by atoms with Gasteiger partial charge in [0, 0.05) is 18.5 Å². The minimum absolute atomic E-state index is 0.163. The Balaban J connectivity index is 3.10. The predicted molar refractivity (Wildman–Crippen MR) is 71.1 cm³/mol. The van der Waals surface area contributed by atoms with Gasteiger partial charge in [-0.05, 0) is 27.7 Å². The summed E-state index contributed by atoms with van der Waals surface area (Å²) in [6, 6.07) is 0. The molecule has 0 amide bonds. The van der Waals surface area contributed by atoms with Crippen LogP contribution in [0.25, 0.3) is 0 Å². The molecule has 0 unspecified atom stereocenters. The maximum atomic E-state index is 5.97. The summed E-state index contributed by atoms with van der Waals surface area (Å²) >= 11 is 5.97. The highest BCUT2D eigenvalue weighted by atomic mass is 35.5. The molecule has 1 rings (SSSR count). The molecule has 0 aliphatic rings. The summed E-state index contributed by atoms with van der Waals surface area (Å²) in [6.45, 7) is 8.64. The van der Waals surface area contributed by atoms with E-state index in [0.717, 1.165) is 11.4 Å². The van der Waals surface area contributed by atoms with Crippen LogP contribution in [0.5, 0.6) is 5.88 Å². The van der Waals surface area contributed by atoms with E-state index in [0.29, 0.717) is 18.4 Å². The minimum Gasteiger partial charge on any atom is -0.478 e. The van der Waals surface area contributed by atoms with Crippen LogP contribution in [-0.4, -0.2) is 35.0 Å². The molecule has 0 N–H and O–H groups in total. The topological polar surface area (TPSA) is 38.3 Å². The highest BCUT2D eigenvalue weighted by Gasteiger charge is 2.25. The molecule has 0 saturated carbocycles. The first kappa shape index (κ1) is 14.0. The second-order valence-corrected chi connectivity index (χ2v) is 4.83. The quantitative estimate of drug-likeness (QED) is 0.760. The fourth-order valence-corrected chi connectivity index (χ4v) is 1.60. The van der Waals surface area contributed by atoms with Gasteiger partial charge in [0.15, 0.2) is 0 Å². The van der Waals surface area contributed by atoms with E-state index < -0.39 is 0 Å². The van der Waals surface area contributed by atoms with E-state index >= 15 is 0 Å². The van der Waals surface area contributed by atoms with Crippen molar-refractivity contribution in [2.24, 2.45) is 0 Å². The van der Waals surface area contributed by atoms with Gasteiger partial charge in [-0.2, -0.15) is 0 Å². The van der Waals surface area contributed by atoms with Gasteiger partial charge in [0.25, 0.3) is 0 Å². The molecule has 0 fully saturated rings. The van der Waals surface area contributed by atoms with Crippen molar-refractivity contribution in [1.29, 1.82) is 0 Å². The third kappa shape index (κ3) is 3.00. The van der Waals surface area contributed by atoms with Crippen molar-refractivity contribution >= 4 is 17.4 Å². The molecule has 17 heavy (non-hydrogen) atoms. The van der Waals surface area contributed by atoms with Gasteiger partial charge in [-0.15, -0.1) is 11.6 Å². The Labute approximate surface area is 108 Å². The maximum Gasteiger partial charge on any atom is 0.221 e. The minimum atomic E-state index is -0.163. The monoisotopic (exact) mass is 257 g/mol. The summed E-state index contributed by atoms with van der Waals surface area (Å²) in [4.78, 5) is 10.5. The number of rotatable bonds is 5. The molecule has 0 atom stereocenters. The SMILES string of the molecule is CCOc1ncnc(N(C)C(C)(C)CCl)c1C. The highest BCUT2D eigenvalue weighted by Crippen LogP contribution is 2.28. The number of hydrogen-bond donors (Lipinski definition) is 0. The van der Waals surface area contributed by atoms with Crippen LogP contribution in [0.2, 0.25) is 0 Å². The summed E-state index contributed by atoms with van der Waals surface area (Å²) < 4.78 is 5.46. The molecule has 0 saturated heterocycles. The molecule has 0 spiro atoms. The highest BCUT2D eigenvalue weighted by molar-refractivity contribution is 6.18. The first-order valence-electron chi connectivity index (χ1n) is 5.68. The van der Waals surface area contributed by atoms with Gasteiger partial charge in [0.1, 0.15) is 12.1 Å². The number of nitrogens with zero attached hydrogens (tertiary/aromatic N) is 3. The first-order valence-corrected chi connectivity index (χ1v) is 6.21.